The molecule has 4 rings (SSSR count). The molecule has 226 valence electrons. The van der Waals surface area contributed by atoms with Gasteiger partial charge in [0.1, 0.15) is 0 Å². The summed E-state index contributed by atoms with van der Waals surface area (Å²) in [4.78, 5) is 47.6. The molecule has 0 aromatic heterocycles. The normalized spacial score (nSPS) is 9.18. The molecular weight excluding hydrogens is 847 g/mol. The molecule has 4 N–H and O–H groups in total. The van der Waals surface area contributed by atoms with Gasteiger partial charge in [-0.2, -0.15) is 0 Å². The Balaban J connectivity index is 0.000000421. The van der Waals surface area contributed by atoms with Crippen molar-refractivity contribution in [3.8, 4) is 0 Å². The van der Waals surface area contributed by atoms with Crippen LogP contribution in [0.5, 0.6) is 0 Å². The monoisotopic (exact) mass is 874 g/mol. The van der Waals surface area contributed by atoms with Crippen molar-refractivity contribution >= 4 is 23.6 Å². The molecule has 0 radical (unpaired) electrons. The molecule has 4 aromatic rings. The smallest absolute Gasteiger partial charge is 1.00 e. The maximum Gasteiger partial charge on any atom is -1.00 e. The van der Waals surface area contributed by atoms with Gasteiger partial charge in [0.2, 0.25) is 0 Å². The van der Waals surface area contributed by atoms with E-state index in [-0.39, 0.29) is 57.6 Å². The molecule has 0 aliphatic carbocycles. The molecular formula is C32H32Br2N4O4Zr2. The number of carbonyl (C=O) groups is 4. The van der Waals surface area contributed by atoms with Crippen LogP contribution >= 0.6 is 0 Å². The molecule has 0 aliphatic heterocycles. The Hall–Kier alpha value is -2.51. The van der Waals surface area contributed by atoms with Crippen LogP contribution in [0.25, 0.3) is 0 Å². The van der Waals surface area contributed by atoms with Gasteiger partial charge in [-0.1, -0.05) is 0 Å². The first-order valence-corrected chi connectivity index (χ1v) is 18.0. The number of nitrogens with one attached hydrogen (secondary N) is 4. The summed E-state index contributed by atoms with van der Waals surface area (Å²) in [5.41, 5.74) is 6.91. The van der Waals surface area contributed by atoms with Crippen LogP contribution in [-0.4, -0.2) is 23.6 Å². The van der Waals surface area contributed by atoms with Crippen molar-refractivity contribution in [3.63, 3.8) is 0 Å². The maximum atomic E-state index is 11.9. The summed E-state index contributed by atoms with van der Waals surface area (Å²) in [5, 5.41) is 0. The maximum absolute atomic E-state index is 11.9. The largest absolute Gasteiger partial charge is 1.00 e. The molecule has 0 saturated heterocycles. The molecule has 8 nitrogen and oxygen atoms in total. The fraction of sp³-hybridized carbons (Fsp3) is 0.125. The van der Waals surface area contributed by atoms with E-state index in [0.717, 1.165) is 22.3 Å². The van der Waals surface area contributed by atoms with Gasteiger partial charge in [0.05, 0.1) is 0 Å². The predicted octanol–water partition coefficient (Wildman–Crippen LogP) is -1.24. The van der Waals surface area contributed by atoms with Gasteiger partial charge in [-0.25, -0.2) is 0 Å². The molecule has 12 heteroatoms. The van der Waals surface area contributed by atoms with Gasteiger partial charge in [0.25, 0.3) is 0 Å². The van der Waals surface area contributed by atoms with Gasteiger partial charge in [-0.3, -0.25) is 0 Å². The third-order valence-corrected chi connectivity index (χ3v) is 9.42. The number of halogens is 2. The van der Waals surface area contributed by atoms with Gasteiger partial charge >= 0.3 is 273 Å². The van der Waals surface area contributed by atoms with Gasteiger partial charge in [0.15, 0.2) is 0 Å². The summed E-state index contributed by atoms with van der Waals surface area (Å²) in [6.07, 6.45) is 0. The van der Waals surface area contributed by atoms with Crippen molar-refractivity contribution in [2.75, 3.05) is 0 Å². The molecule has 0 aliphatic rings. The van der Waals surface area contributed by atoms with Crippen LogP contribution in [0.1, 0.15) is 63.7 Å². The average Bonchev–Trinajstić information content (AvgIpc) is 2.98. The minimum Gasteiger partial charge on any atom is -1.00 e. The van der Waals surface area contributed by atoms with E-state index in [0.29, 0.717) is 22.3 Å². The zero-order valence-corrected chi connectivity index (χ0v) is 32.7. The Labute approximate surface area is 303 Å². The Morgan fingerprint density at radius 1 is 0.364 bits per heavy atom. The third-order valence-electron chi connectivity index (χ3n) is 5.96. The van der Waals surface area contributed by atoms with Crippen LogP contribution in [0.4, 0.5) is 0 Å². The van der Waals surface area contributed by atoms with E-state index in [9.17, 15) is 19.2 Å². The summed E-state index contributed by atoms with van der Waals surface area (Å²) in [7, 11) is 0. The van der Waals surface area contributed by atoms with Gasteiger partial charge in [0, 0.05) is 0 Å². The zero-order chi connectivity index (χ0) is 30.5. The van der Waals surface area contributed by atoms with E-state index in [4.69, 9.17) is 0 Å². The van der Waals surface area contributed by atoms with E-state index >= 15 is 0 Å². The number of hydrogen-bond acceptors (Lipinski definition) is 4. The molecule has 44 heavy (non-hydrogen) atoms. The van der Waals surface area contributed by atoms with E-state index < -0.39 is 47.6 Å². The van der Waals surface area contributed by atoms with Crippen molar-refractivity contribution in [2.24, 2.45) is 0 Å². The first-order chi connectivity index (χ1) is 20.1. The van der Waals surface area contributed by atoms with Crippen molar-refractivity contribution in [1.29, 1.82) is 0 Å². The number of amides is 4. The second kappa shape index (κ2) is 20.5. The number of carbonyl (C=O) groups excluding carboxylic acids is 4. The van der Waals surface area contributed by atoms with Crippen LogP contribution in [0.3, 0.4) is 0 Å². The summed E-state index contributed by atoms with van der Waals surface area (Å²) < 4.78 is 11.3. The Kier molecular flexibility index (Phi) is 18.4. The molecule has 4 amide bonds. The SMILES string of the molecule is Cc1ccc(C(=O)[NH][Zr+][NH]C(=O)c2ccc(C)cc2)cc1.Cc1ccc(C(=O)[NH][Zr+][NH]C(=O)c2ccc(C)cc2)cc1.[Br-].[Br-]. The Morgan fingerprint density at radius 2 is 0.523 bits per heavy atom. The van der Waals surface area contributed by atoms with Crippen molar-refractivity contribution in [2.45, 2.75) is 27.7 Å². The standard InChI is InChI=1S/4C8H9NO.2BrH.2Zr/c4*1-6-2-4-7(5-3-6)8(9)10;;;;/h4*2-5H,1H3,(H2,9,10);2*1H;;/q;;;;;;2*+3/p-6. The minimum absolute atomic E-state index is 0. The van der Waals surface area contributed by atoms with Gasteiger partial charge < -0.3 is 34.0 Å². The predicted molar refractivity (Wildman–Crippen MR) is 155 cm³/mol. The minimum atomic E-state index is -1.48. The van der Waals surface area contributed by atoms with Gasteiger partial charge in [-0.15, -0.1) is 0 Å². The van der Waals surface area contributed by atoms with Crippen LogP contribution in [0.2, 0.25) is 0 Å². The molecule has 4 aromatic carbocycles. The van der Waals surface area contributed by atoms with E-state index in [1.807, 2.05) is 76.2 Å². The second-order valence-corrected chi connectivity index (χ2v) is 13.2. The summed E-state index contributed by atoms with van der Waals surface area (Å²) >= 11 is -2.96. The Morgan fingerprint density at radius 3 is 0.682 bits per heavy atom. The summed E-state index contributed by atoms with van der Waals surface area (Å²) in [6.45, 7) is 7.89. The zero-order valence-electron chi connectivity index (χ0n) is 24.6. The first-order valence-electron chi connectivity index (χ1n) is 13.1. The van der Waals surface area contributed by atoms with Crippen LogP contribution in [0.15, 0.2) is 97.1 Å². The molecule has 0 atom stereocenters. The van der Waals surface area contributed by atoms with Crippen LogP contribution < -0.4 is 47.0 Å². The van der Waals surface area contributed by atoms with Crippen molar-refractivity contribution in [3.05, 3.63) is 142 Å². The number of benzene rings is 4. The molecule has 0 spiro atoms. The molecule has 0 fully saturated rings. The van der Waals surface area contributed by atoms with Crippen LogP contribution in [-0.2, 0) is 47.6 Å². The van der Waals surface area contributed by atoms with E-state index in [2.05, 4.69) is 13.0 Å². The fourth-order valence-corrected chi connectivity index (χ4v) is 6.24. The summed E-state index contributed by atoms with van der Waals surface area (Å²) in [5.74, 6) is -0.534. The number of rotatable bonds is 8. The molecule has 0 unspecified atom stereocenters. The Bertz CT molecular complexity index is 1290. The number of aryl methyl sites for hydroxylation is 4. The molecule has 0 bridgehead atoms. The first kappa shape index (κ1) is 39.5. The summed E-state index contributed by atoms with van der Waals surface area (Å²) in [6, 6.07) is 29.4. The third kappa shape index (κ3) is 13.6. The second-order valence-electron chi connectivity index (χ2n) is 9.53. The van der Waals surface area contributed by atoms with Crippen molar-refractivity contribution < 1.29 is 101 Å². The topological polar surface area (TPSA) is 116 Å². The van der Waals surface area contributed by atoms with E-state index in [1.54, 1.807) is 48.5 Å². The van der Waals surface area contributed by atoms with E-state index in [1.165, 1.54) is 0 Å². The quantitative estimate of drug-likeness (QED) is 0.178. The molecule has 0 saturated carbocycles. The average molecular weight is 879 g/mol. The van der Waals surface area contributed by atoms with Gasteiger partial charge in [-0.05, 0) is 0 Å². The van der Waals surface area contributed by atoms with Crippen LogP contribution in [0, 0.1) is 27.7 Å². The van der Waals surface area contributed by atoms with Crippen molar-refractivity contribution in [1.82, 2.24) is 13.0 Å². The number of hydrogen-bond donors (Lipinski definition) is 4. The fourth-order valence-electron chi connectivity index (χ4n) is 3.40. The molecule has 0 heterocycles.